The number of thioether (sulfide) groups is 1. The number of rotatable bonds is 12. The fourth-order valence-corrected chi connectivity index (χ4v) is 5.52. The standard InChI is InChI=1S/C28H30N2O4S2/c1-2-34-27(33)24(30-25(31)18-29-26(32)19-35)20-36-28(21-12-6-3-7-13-21,22-14-8-4-9-15-22)23-16-10-5-11-17-23/h3-17,24,35H,2,18-20H2,1H3,(H,29,32)(H,30,31). The number of nitrogens with one attached hydrogen (secondary N) is 2. The molecule has 188 valence electrons. The fourth-order valence-electron chi connectivity index (χ4n) is 3.87. The van der Waals surface area contributed by atoms with Gasteiger partial charge in [0.25, 0.3) is 0 Å². The molecule has 0 heterocycles. The lowest BCUT2D eigenvalue weighted by Gasteiger charge is -2.36. The van der Waals surface area contributed by atoms with E-state index in [1.54, 1.807) is 18.7 Å². The van der Waals surface area contributed by atoms with Crippen LogP contribution in [-0.2, 0) is 23.9 Å². The number of amides is 2. The summed E-state index contributed by atoms with van der Waals surface area (Å²) in [6.07, 6.45) is 0. The summed E-state index contributed by atoms with van der Waals surface area (Å²) in [5.74, 6) is -1.16. The molecule has 0 radical (unpaired) electrons. The van der Waals surface area contributed by atoms with E-state index in [-0.39, 0.29) is 30.6 Å². The molecule has 1 atom stereocenters. The van der Waals surface area contributed by atoms with E-state index >= 15 is 0 Å². The molecule has 0 fully saturated rings. The highest BCUT2D eigenvalue weighted by Crippen LogP contribution is 2.48. The van der Waals surface area contributed by atoms with E-state index in [9.17, 15) is 14.4 Å². The molecule has 0 aliphatic carbocycles. The van der Waals surface area contributed by atoms with Crippen LogP contribution < -0.4 is 10.6 Å². The molecule has 3 aromatic rings. The third kappa shape index (κ3) is 6.92. The third-order valence-corrected chi connectivity index (χ3v) is 7.43. The van der Waals surface area contributed by atoms with Crippen molar-refractivity contribution in [2.75, 3.05) is 24.7 Å². The Morgan fingerprint density at radius 1 is 0.833 bits per heavy atom. The van der Waals surface area contributed by atoms with E-state index < -0.39 is 22.7 Å². The quantitative estimate of drug-likeness (QED) is 0.191. The summed E-state index contributed by atoms with van der Waals surface area (Å²) >= 11 is 5.44. The average Bonchev–Trinajstić information content (AvgIpc) is 2.93. The van der Waals surface area contributed by atoms with E-state index in [2.05, 4.69) is 59.7 Å². The lowest BCUT2D eigenvalue weighted by Crippen LogP contribution is -2.48. The van der Waals surface area contributed by atoms with Crippen LogP contribution in [0.2, 0.25) is 0 Å². The van der Waals surface area contributed by atoms with Gasteiger partial charge >= 0.3 is 5.97 Å². The van der Waals surface area contributed by atoms with Gasteiger partial charge in [0.15, 0.2) is 0 Å². The van der Waals surface area contributed by atoms with Crippen LogP contribution in [0.4, 0.5) is 0 Å². The van der Waals surface area contributed by atoms with E-state index in [0.717, 1.165) is 16.7 Å². The molecule has 2 N–H and O–H groups in total. The fraction of sp³-hybridized carbons (Fsp3) is 0.250. The maximum atomic E-state index is 12.8. The zero-order valence-corrected chi connectivity index (χ0v) is 21.8. The number of thiol groups is 1. The number of benzene rings is 3. The zero-order valence-electron chi connectivity index (χ0n) is 20.1. The summed E-state index contributed by atoms with van der Waals surface area (Å²) in [5, 5.41) is 5.21. The SMILES string of the molecule is CCOC(=O)C(CSC(c1ccccc1)(c1ccccc1)c1ccccc1)NC(=O)CNC(=O)CS. The number of hydrogen-bond acceptors (Lipinski definition) is 6. The largest absolute Gasteiger partial charge is 0.464 e. The Balaban J connectivity index is 1.99. The zero-order chi connectivity index (χ0) is 25.8. The summed E-state index contributed by atoms with van der Waals surface area (Å²) in [4.78, 5) is 36.9. The van der Waals surface area contributed by atoms with Gasteiger partial charge in [-0.2, -0.15) is 12.6 Å². The highest BCUT2D eigenvalue weighted by molar-refractivity contribution is 8.00. The summed E-state index contributed by atoms with van der Waals surface area (Å²) in [6.45, 7) is 1.66. The molecule has 0 saturated heterocycles. The van der Waals surface area contributed by atoms with Crippen molar-refractivity contribution in [2.24, 2.45) is 0 Å². The Bertz CT molecular complexity index is 1030. The Hall–Kier alpha value is -3.23. The Kier molecular flexibility index (Phi) is 10.5. The lowest BCUT2D eigenvalue weighted by molar-refractivity contribution is -0.146. The molecule has 1 unspecified atom stereocenters. The molecule has 0 spiro atoms. The summed E-state index contributed by atoms with van der Waals surface area (Å²) in [6, 6.07) is 29.3. The van der Waals surface area contributed by atoms with Crippen molar-refractivity contribution in [3.8, 4) is 0 Å². The van der Waals surface area contributed by atoms with Crippen LogP contribution in [0.15, 0.2) is 91.0 Å². The van der Waals surface area contributed by atoms with E-state index in [1.165, 1.54) is 0 Å². The Morgan fingerprint density at radius 2 is 1.31 bits per heavy atom. The van der Waals surface area contributed by atoms with Crippen molar-refractivity contribution in [2.45, 2.75) is 17.7 Å². The van der Waals surface area contributed by atoms with Crippen molar-refractivity contribution >= 4 is 42.2 Å². The van der Waals surface area contributed by atoms with Crippen molar-refractivity contribution in [3.05, 3.63) is 108 Å². The second kappa shape index (κ2) is 13.8. The van der Waals surface area contributed by atoms with Gasteiger partial charge in [0, 0.05) is 5.75 Å². The average molecular weight is 523 g/mol. The van der Waals surface area contributed by atoms with Crippen LogP contribution >= 0.6 is 24.4 Å². The van der Waals surface area contributed by atoms with Gasteiger partial charge in [-0.25, -0.2) is 4.79 Å². The van der Waals surface area contributed by atoms with Crippen LogP contribution in [0.25, 0.3) is 0 Å². The second-order valence-electron chi connectivity index (χ2n) is 7.90. The highest BCUT2D eigenvalue weighted by atomic mass is 32.2. The molecule has 0 bridgehead atoms. The van der Waals surface area contributed by atoms with Gasteiger partial charge < -0.3 is 15.4 Å². The Morgan fingerprint density at radius 3 is 1.72 bits per heavy atom. The van der Waals surface area contributed by atoms with Gasteiger partial charge in [-0.1, -0.05) is 91.0 Å². The minimum atomic E-state index is -0.911. The summed E-state index contributed by atoms with van der Waals surface area (Å²) in [7, 11) is 0. The van der Waals surface area contributed by atoms with Crippen molar-refractivity contribution in [1.82, 2.24) is 10.6 Å². The molecule has 6 nitrogen and oxygen atoms in total. The predicted octanol–water partition coefficient (Wildman–Crippen LogP) is 3.81. The molecule has 0 saturated carbocycles. The van der Waals surface area contributed by atoms with Crippen LogP contribution in [0.1, 0.15) is 23.6 Å². The van der Waals surface area contributed by atoms with Crippen molar-refractivity contribution in [1.29, 1.82) is 0 Å². The summed E-state index contributed by atoms with van der Waals surface area (Å²) in [5.41, 5.74) is 3.13. The van der Waals surface area contributed by atoms with Gasteiger partial charge in [-0.15, -0.1) is 11.8 Å². The smallest absolute Gasteiger partial charge is 0.329 e. The van der Waals surface area contributed by atoms with Crippen LogP contribution in [0.3, 0.4) is 0 Å². The first kappa shape index (κ1) is 27.4. The lowest BCUT2D eigenvalue weighted by atomic mass is 9.84. The van der Waals surface area contributed by atoms with Gasteiger partial charge in [0.2, 0.25) is 11.8 Å². The number of hydrogen-bond donors (Lipinski definition) is 3. The van der Waals surface area contributed by atoms with Gasteiger partial charge in [-0.3, -0.25) is 9.59 Å². The minimum Gasteiger partial charge on any atom is -0.464 e. The molecule has 0 aliphatic heterocycles. The topological polar surface area (TPSA) is 84.5 Å². The molecule has 0 aromatic heterocycles. The second-order valence-corrected chi connectivity index (χ2v) is 9.45. The maximum absolute atomic E-state index is 12.8. The molecular weight excluding hydrogens is 492 g/mol. The number of carbonyl (C=O) groups excluding carboxylic acids is 3. The van der Waals surface area contributed by atoms with Gasteiger partial charge in [0.1, 0.15) is 6.04 Å². The molecule has 8 heteroatoms. The van der Waals surface area contributed by atoms with Gasteiger partial charge in [-0.05, 0) is 23.6 Å². The van der Waals surface area contributed by atoms with E-state index in [1.807, 2.05) is 54.6 Å². The monoisotopic (exact) mass is 522 g/mol. The Labute approximate surface area is 221 Å². The molecule has 3 rings (SSSR count). The first-order chi connectivity index (χ1) is 17.5. The molecule has 2 amide bonds. The van der Waals surface area contributed by atoms with Crippen LogP contribution in [0.5, 0.6) is 0 Å². The van der Waals surface area contributed by atoms with Crippen LogP contribution in [-0.4, -0.2) is 48.5 Å². The van der Waals surface area contributed by atoms with E-state index in [0.29, 0.717) is 0 Å². The van der Waals surface area contributed by atoms with Gasteiger partial charge in [0.05, 0.1) is 23.7 Å². The first-order valence-electron chi connectivity index (χ1n) is 11.6. The minimum absolute atomic E-state index is 0.0296. The number of esters is 1. The van der Waals surface area contributed by atoms with Crippen molar-refractivity contribution in [3.63, 3.8) is 0 Å². The highest BCUT2D eigenvalue weighted by Gasteiger charge is 2.38. The predicted molar refractivity (Wildman–Crippen MR) is 147 cm³/mol. The number of carbonyl (C=O) groups is 3. The normalized spacial score (nSPS) is 11.8. The molecule has 3 aromatic carbocycles. The molecule has 0 aliphatic rings. The maximum Gasteiger partial charge on any atom is 0.329 e. The molecular formula is C28H30N2O4S2. The van der Waals surface area contributed by atoms with E-state index in [4.69, 9.17) is 4.74 Å². The first-order valence-corrected chi connectivity index (χ1v) is 13.3. The van der Waals surface area contributed by atoms with Crippen molar-refractivity contribution < 1.29 is 19.1 Å². The number of ether oxygens (including phenoxy) is 1. The molecule has 36 heavy (non-hydrogen) atoms. The van der Waals surface area contributed by atoms with Crippen LogP contribution in [0, 0.1) is 0 Å². The third-order valence-electron chi connectivity index (χ3n) is 5.50. The summed E-state index contributed by atoms with van der Waals surface area (Å²) < 4.78 is 4.61.